The Hall–Kier alpha value is -3.02. The van der Waals surface area contributed by atoms with E-state index in [1.54, 1.807) is 13.3 Å². The Kier molecular flexibility index (Phi) is 5.18. The minimum absolute atomic E-state index is 0.127. The van der Waals surface area contributed by atoms with Crippen LogP contribution in [0.15, 0.2) is 54.7 Å². The van der Waals surface area contributed by atoms with Crippen molar-refractivity contribution < 1.29 is 14.3 Å². The Morgan fingerprint density at radius 2 is 2.04 bits per heavy atom. The van der Waals surface area contributed by atoms with Gasteiger partial charge in [-0.25, -0.2) is 4.79 Å². The van der Waals surface area contributed by atoms with Crippen LogP contribution in [0.3, 0.4) is 0 Å². The topological polar surface area (TPSA) is 65.4 Å². The Morgan fingerprint density at radius 3 is 2.80 bits per heavy atom. The van der Waals surface area contributed by atoms with E-state index < -0.39 is 6.09 Å². The summed E-state index contributed by atoms with van der Waals surface area (Å²) in [5.74, 6) is 0.775. The summed E-state index contributed by atoms with van der Waals surface area (Å²) in [6.45, 7) is 2.70. The molecule has 0 saturated carbocycles. The molecule has 1 N–H and O–H groups in total. The van der Waals surface area contributed by atoms with Gasteiger partial charge < -0.3 is 14.8 Å². The number of alkyl carbamates (subject to hydrolysis) is 1. The molecule has 0 bridgehead atoms. The number of carbonyl (C=O) groups is 1. The summed E-state index contributed by atoms with van der Waals surface area (Å²) in [7, 11) is 1.63. The van der Waals surface area contributed by atoms with Gasteiger partial charge in [-0.05, 0) is 24.6 Å². The van der Waals surface area contributed by atoms with Gasteiger partial charge in [0.25, 0.3) is 0 Å². The van der Waals surface area contributed by atoms with E-state index in [4.69, 9.17) is 9.47 Å². The van der Waals surface area contributed by atoms with Gasteiger partial charge >= 0.3 is 6.09 Å². The summed E-state index contributed by atoms with van der Waals surface area (Å²) < 4.78 is 12.3. The maximum absolute atomic E-state index is 11.9. The number of aromatic nitrogens is 2. The number of hydrogen-bond acceptors (Lipinski definition) is 4. The van der Waals surface area contributed by atoms with Crippen molar-refractivity contribution in [1.29, 1.82) is 0 Å². The number of carbonyl (C=O) groups excluding carboxylic acids is 1. The summed E-state index contributed by atoms with van der Waals surface area (Å²) >= 11 is 0. The molecule has 0 radical (unpaired) electrons. The van der Waals surface area contributed by atoms with Gasteiger partial charge in [0.05, 0.1) is 25.4 Å². The number of nitrogens with zero attached hydrogens (tertiary/aromatic N) is 2. The van der Waals surface area contributed by atoms with Crippen molar-refractivity contribution >= 4 is 17.0 Å². The average molecular weight is 339 g/mol. The number of benzene rings is 2. The molecular formula is C19H21N3O3. The van der Waals surface area contributed by atoms with Crippen molar-refractivity contribution in [2.45, 2.75) is 26.1 Å². The van der Waals surface area contributed by atoms with Crippen LogP contribution in [0.2, 0.25) is 0 Å². The maximum Gasteiger partial charge on any atom is 0.407 e. The number of nitrogens with one attached hydrogen (secondary N) is 1. The van der Waals surface area contributed by atoms with Crippen molar-refractivity contribution in [3.8, 4) is 5.75 Å². The Bertz CT molecular complexity index is 846. The van der Waals surface area contributed by atoms with Crippen LogP contribution in [-0.4, -0.2) is 29.0 Å². The zero-order valence-corrected chi connectivity index (χ0v) is 14.3. The van der Waals surface area contributed by atoms with Crippen LogP contribution in [0.25, 0.3) is 10.9 Å². The van der Waals surface area contributed by atoms with Crippen molar-refractivity contribution in [1.82, 2.24) is 15.1 Å². The molecule has 3 rings (SSSR count). The van der Waals surface area contributed by atoms with Crippen LogP contribution in [0, 0.1) is 0 Å². The highest BCUT2D eigenvalue weighted by molar-refractivity contribution is 5.80. The van der Waals surface area contributed by atoms with Crippen LogP contribution >= 0.6 is 0 Å². The van der Waals surface area contributed by atoms with E-state index in [9.17, 15) is 4.79 Å². The molecule has 25 heavy (non-hydrogen) atoms. The Labute approximate surface area is 146 Å². The summed E-state index contributed by atoms with van der Waals surface area (Å²) in [6, 6.07) is 15.3. The summed E-state index contributed by atoms with van der Waals surface area (Å²) in [6.07, 6.45) is 1.36. The highest BCUT2D eigenvalue weighted by Crippen LogP contribution is 2.20. The SMILES string of the molecule is COc1ccc2cnn(CC(C)NC(=O)OCc3ccccc3)c2c1. The molecule has 0 spiro atoms. The molecular weight excluding hydrogens is 318 g/mol. The van der Waals surface area contributed by atoms with Crippen LogP contribution in [0.5, 0.6) is 5.75 Å². The molecule has 1 aromatic heterocycles. The lowest BCUT2D eigenvalue weighted by atomic mass is 10.2. The largest absolute Gasteiger partial charge is 0.497 e. The molecule has 6 nitrogen and oxygen atoms in total. The lowest BCUT2D eigenvalue weighted by Crippen LogP contribution is -2.36. The first kappa shape index (κ1) is 16.8. The maximum atomic E-state index is 11.9. The third-order valence-electron chi connectivity index (χ3n) is 3.88. The van der Waals surface area contributed by atoms with E-state index >= 15 is 0 Å². The molecule has 0 aliphatic heterocycles. The van der Waals surface area contributed by atoms with E-state index in [-0.39, 0.29) is 12.6 Å². The van der Waals surface area contributed by atoms with E-state index in [1.807, 2.05) is 60.1 Å². The van der Waals surface area contributed by atoms with Gasteiger partial charge in [0.2, 0.25) is 0 Å². The van der Waals surface area contributed by atoms with Crippen molar-refractivity contribution in [2.75, 3.05) is 7.11 Å². The summed E-state index contributed by atoms with van der Waals surface area (Å²) in [5, 5.41) is 8.24. The van der Waals surface area contributed by atoms with Crippen LogP contribution < -0.4 is 10.1 Å². The van der Waals surface area contributed by atoms with Crippen LogP contribution in [0.1, 0.15) is 12.5 Å². The second-order valence-electron chi connectivity index (χ2n) is 5.86. The zero-order chi connectivity index (χ0) is 17.6. The van der Waals surface area contributed by atoms with Crippen molar-refractivity contribution in [3.05, 3.63) is 60.3 Å². The second-order valence-corrected chi connectivity index (χ2v) is 5.86. The summed E-state index contributed by atoms with van der Waals surface area (Å²) in [5.41, 5.74) is 1.92. The first-order valence-corrected chi connectivity index (χ1v) is 8.12. The first-order chi connectivity index (χ1) is 12.2. The summed E-state index contributed by atoms with van der Waals surface area (Å²) in [4.78, 5) is 11.9. The van der Waals surface area contributed by atoms with E-state index in [2.05, 4.69) is 10.4 Å². The molecule has 0 fully saturated rings. The molecule has 1 atom stereocenters. The molecule has 1 amide bonds. The molecule has 6 heteroatoms. The average Bonchev–Trinajstić information content (AvgIpc) is 3.02. The van der Waals surface area contributed by atoms with Gasteiger partial charge in [-0.15, -0.1) is 0 Å². The molecule has 1 unspecified atom stereocenters. The van der Waals surface area contributed by atoms with Gasteiger partial charge in [-0.1, -0.05) is 30.3 Å². The minimum atomic E-state index is -0.439. The number of amides is 1. The monoisotopic (exact) mass is 339 g/mol. The molecule has 3 aromatic rings. The fourth-order valence-corrected chi connectivity index (χ4v) is 2.59. The zero-order valence-electron chi connectivity index (χ0n) is 14.3. The van der Waals surface area contributed by atoms with Gasteiger partial charge in [-0.2, -0.15) is 5.10 Å². The molecule has 0 aliphatic rings. The van der Waals surface area contributed by atoms with E-state index in [0.717, 1.165) is 22.2 Å². The quantitative estimate of drug-likeness (QED) is 0.748. The number of methoxy groups -OCH3 is 1. The molecule has 0 aliphatic carbocycles. The van der Waals surface area contributed by atoms with Gasteiger partial charge in [0.15, 0.2) is 0 Å². The van der Waals surface area contributed by atoms with Gasteiger partial charge in [0.1, 0.15) is 12.4 Å². The smallest absolute Gasteiger partial charge is 0.407 e. The predicted octanol–water partition coefficient (Wildman–Crippen LogP) is 3.36. The van der Waals surface area contributed by atoms with E-state index in [1.165, 1.54) is 0 Å². The number of hydrogen-bond donors (Lipinski definition) is 1. The molecule has 2 aromatic carbocycles. The van der Waals surface area contributed by atoms with Gasteiger partial charge in [0, 0.05) is 17.5 Å². The van der Waals surface area contributed by atoms with Crippen LogP contribution in [-0.2, 0) is 17.9 Å². The standard InChI is InChI=1S/C19H21N3O3/c1-14(21-19(23)25-13-15-6-4-3-5-7-15)12-22-18-10-17(24-2)9-8-16(18)11-20-22/h3-11,14H,12-13H2,1-2H3,(H,21,23). The number of rotatable bonds is 6. The molecule has 130 valence electrons. The third kappa shape index (κ3) is 4.29. The lowest BCUT2D eigenvalue weighted by Gasteiger charge is -2.15. The van der Waals surface area contributed by atoms with Crippen LogP contribution in [0.4, 0.5) is 4.79 Å². The normalized spacial score (nSPS) is 11.9. The third-order valence-corrected chi connectivity index (χ3v) is 3.88. The highest BCUT2D eigenvalue weighted by atomic mass is 16.5. The Balaban J connectivity index is 1.57. The fraction of sp³-hybridized carbons (Fsp3) is 0.263. The lowest BCUT2D eigenvalue weighted by molar-refractivity contribution is 0.135. The fourth-order valence-electron chi connectivity index (χ4n) is 2.59. The Morgan fingerprint density at radius 1 is 1.24 bits per heavy atom. The molecule has 0 saturated heterocycles. The van der Waals surface area contributed by atoms with E-state index in [0.29, 0.717) is 6.54 Å². The number of fused-ring (bicyclic) bond motifs is 1. The highest BCUT2D eigenvalue weighted by Gasteiger charge is 2.12. The van der Waals surface area contributed by atoms with Crippen molar-refractivity contribution in [2.24, 2.45) is 0 Å². The molecule has 1 heterocycles. The minimum Gasteiger partial charge on any atom is -0.497 e. The second kappa shape index (κ2) is 7.70. The van der Waals surface area contributed by atoms with Gasteiger partial charge in [-0.3, -0.25) is 4.68 Å². The number of ether oxygens (including phenoxy) is 2. The predicted molar refractivity (Wildman–Crippen MR) is 95.5 cm³/mol. The first-order valence-electron chi connectivity index (χ1n) is 8.12. The van der Waals surface area contributed by atoms with Crippen molar-refractivity contribution in [3.63, 3.8) is 0 Å².